The van der Waals surface area contributed by atoms with Crippen molar-refractivity contribution in [2.75, 3.05) is 13.1 Å². The second-order valence-corrected chi connectivity index (χ2v) is 7.85. The Labute approximate surface area is 155 Å². The molecule has 2 aliphatic rings. The maximum absolute atomic E-state index is 12.8. The van der Waals surface area contributed by atoms with Gasteiger partial charge in [-0.1, -0.05) is 54.1 Å². The molecule has 26 heavy (non-hydrogen) atoms. The Kier molecular flexibility index (Phi) is 4.92. The number of aliphatic hydroxyl groups is 1. The van der Waals surface area contributed by atoms with Gasteiger partial charge in [-0.3, -0.25) is 9.69 Å². The molecule has 0 spiro atoms. The summed E-state index contributed by atoms with van der Waals surface area (Å²) in [6.45, 7) is 3.83. The number of aliphatic hydroxyl groups excluding tert-OH is 1. The molecule has 0 amide bonds. The molecular formula is C23H27NO2. The second kappa shape index (κ2) is 7.34. The number of likely N-dealkylation sites (tertiary alicyclic amines) is 1. The topological polar surface area (TPSA) is 40.5 Å². The Morgan fingerprint density at radius 3 is 2.23 bits per heavy atom. The van der Waals surface area contributed by atoms with Crippen molar-refractivity contribution in [2.24, 2.45) is 5.92 Å². The van der Waals surface area contributed by atoms with E-state index in [2.05, 4.69) is 23.1 Å². The van der Waals surface area contributed by atoms with Crippen LogP contribution in [0.4, 0.5) is 0 Å². The number of piperidine rings is 1. The maximum atomic E-state index is 12.8. The fourth-order valence-electron chi connectivity index (χ4n) is 4.50. The summed E-state index contributed by atoms with van der Waals surface area (Å²) in [4.78, 5) is 15.2. The van der Waals surface area contributed by atoms with Crippen LogP contribution in [0.1, 0.15) is 39.9 Å². The van der Waals surface area contributed by atoms with Gasteiger partial charge in [0, 0.05) is 23.9 Å². The Morgan fingerprint density at radius 2 is 1.58 bits per heavy atom. The van der Waals surface area contributed by atoms with Crippen LogP contribution in [0.25, 0.3) is 0 Å². The van der Waals surface area contributed by atoms with E-state index < -0.39 is 0 Å². The van der Waals surface area contributed by atoms with Crippen molar-refractivity contribution in [3.8, 4) is 0 Å². The highest BCUT2D eigenvalue weighted by Gasteiger charge is 2.35. The molecule has 3 heteroatoms. The number of rotatable bonds is 3. The van der Waals surface area contributed by atoms with Gasteiger partial charge < -0.3 is 5.11 Å². The quantitative estimate of drug-likeness (QED) is 0.863. The molecule has 1 saturated heterocycles. The molecule has 2 aromatic carbocycles. The molecule has 1 unspecified atom stereocenters. The molecule has 4 rings (SSSR count). The van der Waals surface area contributed by atoms with Crippen LogP contribution in [0.3, 0.4) is 0 Å². The Hall–Kier alpha value is -1.97. The summed E-state index contributed by atoms with van der Waals surface area (Å²) in [5, 5.41) is 10.6. The molecule has 1 heterocycles. The maximum Gasteiger partial charge on any atom is 0.166 e. The SMILES string of the molecule is Cc1ccc(C(=O)C2CCN(C3Cc4ccccc4C[C@H]3O)CC2)cc1. The van der Waals surface area contributed by atoms with Crippen LogP contribution in [-0.4, -0.2) is 41.0 Å². The summed E-state index contributed by atoms with van der Waals surface area (Å²) in [5.74, 6) is 0.390. The summed E-state index contributed by atoms with van der Waals surface area (Å²) in [6.07, 6.45) is 3.11. The Morgan fingerprint density at radius 1 is 0.962 bits per heavy atom. The fraction of sp³-hybridized carbons (Fsp3) is 0.435. The highest BCUT2D eigenvalue weighted by molar-refractivity contribution is 5.97. The van der Waals surface area contributed by atoms with Gasteiger partial charge in [0.1, 0.15) is 0 Å². The van der Waals surface area contributed by atoms with Crippen molar-refractivity contribution in [1.29, 1.82) is 0 Å². The van der Waals surface area contributed by atoms with Gasteiger partial charge in [0.05, 0.1) is 6.10 Å². The standard InChI is InChI=1S/C23H27NO2/c1-16-6-8-17(9-7-16)23(26)18-10-12-24(13-11-18)21-14-19-4-2-3-5-20(19)15-22(21)25/h2-9,18,21-22,25H,10-15H2,1H3/t21?,22-/m1/s1. The van der Waals surface area contributed by atoms with E-state index in [1.54, 1.807) is 0 Å². The lowest BCUT2D eigenvalue weighted by molar-refractivity contribution is 0.0239. The lowest BCUT2D eigenvalue weighted by atomic mass is 9.83. The molecule has 0 radical (unpaired) electrons. The normalized spacial score (nSPS) is 24.2. The minimum absolute atomic E-state index is 0.113. The number of carbonyl (C=O) groups excluding carboxylic acids is 1. The van der Waals surface area contributed by atoms with Crippen molar-refractivity contribution < 1.29 is 9.90 Å². The van der Waals surface area contributed by atoms with Crippen molar-refractivity contribution in [2.45, 2.75) is 44.8 Å². The third-order valence-corrected chi connectivity index (χ3v) is 6.13. The smallest absolute Gasteiger partial charge is 0.166 e. The summed E-state index contributed by atoms with van der Waals surface area (Å²) in [5.41, 5.74) is 4.66. The molecule has 0 saturated carbocycles. The van der Waals surface area contributed by atoms with E-state index in [0.717, 1.165) is 44.3 Å². The fourth-order valence-corrected chi connectivity index (χ4v) is 4.50. The van der Waals surface area contributed by atoms with Crippen LogP contribution in [0.15, 0.2) is 48.5 Å². The molecule has 2 atom stereocenters. The first-order valence-electron chi connectivity index (χ1n) is 9.71. The average Bonchev–Trinajstić information content (AvgIpc) is 2.68. The van der Waals surface area contributed by atoms with Crippen LogP contribution < -0.4 is 0 Å². The molecule has 1 aliphatic carbocycles. The highest BCUT2D eigenvalue weighted by Crippen LogP contribution is 2.29. The molecule has 1 aliphatic heterocycles. The van der Waals surface area contributed by atoms with Crippen molar-refractivity contribution in [3.63, 3.8) is 0 Å². The Balaban J connectivity index is 1.39. The Bertz CT molecular complexity index is 775. The number of nitrogens with zero attached hydrogens (tertiary/aromatic N) is 1. The number of hydrogen-bond donors (Lipinski definition) is 1. The minimum Gasteiger partial charge on any atom is -0.391 e. The number of aryl methyl sites for hydroxylation is 1. The van der Waals surface area contributed by atoms with E-state index in [0.29, 0.717) is 0 Å². The first-order chi connectivity index (χ1) is 12.6. The molecule has 1 N–H and O–H groups in total. The third-order valence-electron chi connectivity index (χ3n) is 6.13. The number of hydrogen-bond acceptors (Lipinski definition) is 3. The molecular weight excluding hydrogens is 322 g/mol. The van der Waals surface area contributed by atoms with E-state index >= 15 is 0 Å². The van der Waals surface area contributed by atoms with Gasteiger partial charge in [0.2, 0.25) is 0 Å². The average molecular weight is 349 g/mol. The van der Waals surface area contributed by atoms with Crippen LogP contribution >= 0.6 is 0 Å². The number of Topliss-reactive ketones (excluding diaryl/α,β-unsaturated/α-hetero) is 1. The van der Waals surface area contributed by atoms with Crippen LogP contribution in [0.2, 0.25) is 0 Å². The van der Waals surface area contributed by atoms with Gasteiger partial charge in [0.15, 0.2) is 5.78 Å². The van der Waals surface area contributed by atoms with E-state index in [9.17, 15) is 9.90 Å². The third kappa shape index (κ3) is 3.46. The van der Waals surface area contributed by atoms with Crippen LogP contribution in [0.5, 0.6) is 0 Å². The summed E-state index contributed by atoms with van der Waals surface area (Å²) in [7, 11) is 0. The first-order valence-corrected chi connectivity index (χ1v) is 9.71. The molecule has 1 fully saturated rings. The molecule has 136 valence electrons. The van der Waals surface area contributed by atoms with E-state index in [-0.39, 0.29) is 23.8 Å². The van der Waals surface area contributed by atoms with Crippen molar-refractivity contribution >= 4 is 5.78 Å². The zero-order valence-electron chi connectivity index (χ0n) is 15.4. The number of carbonyl (C=O) groups is 1. The summed E-state index contributed by atoms with van der Waals surface area (Å²) in [6, 6.07) is 16.5. The van der Waals surface area contributed by atoms with Gasteiger partial charge in [-0.05, 0) is 50.4 Å². The minimum atomic E-state index is -0.311. The van der Waals surface area contributed by atoms with Gasteiger partial charge in [-0.15, -0.1) is 0 Å². The zero-order valence-corrected chi connectivity index (χ0v) is 15.4. The molecule has 2 aromatic rings. The molecule has 0 aromatic heterocycles. The first kappa shape index (κ1) is 17.4. The lowest BCUT2D eigenvalue weighted by Crippen LogP contribution is -2.51. The van der Waals surface area contributed by atoms with E-state index in [4.69, 9.17) is 0 Å². The molecule has 0 bridgehead atoms. The van der Waals surface area contributed by atoms with Gasteiger partial charge >= 0.3 is 0 Å². The zero-order chi connectivity index (χ0) is 18.1. The lowest BCUT2D eigenvalue weighted by Gasteiger charge is -2.41. The van der Waals surface area contributed by atoms with Crippen molar-refractivity contribution in [3.05, 3.63) is 70.8 Å². The number of fused-ring (bicyclic) bond motifs is 1. The van der Waals surface area contributed by atoms with Gasteiger partial charge in [-0.25, -0.2) is 0 Å². The summed E-state index contributed by atoms with van der Waals surface area (Å²) >= 11 is 0. The predicted octanol–water partition coefficient (Wildman–Crippen LogP) is 3.42. The second-order valence-electron chi connectivity index (χ2n) is 7.85. The molecule has 3 nitrogen and oxygen atoms in total. The van der Waals surface area contributed by atoms with Gasteiger partial charge in [-0.2, -0.15) is 0 Å². The van der Waals surface area contributed by atoms with Crippen LogP contribution in [0, 0.1) is 12.8 Å². The van der Waals surface area contributed by atoms with Gasteiger partial charge in [0.25, 0.3) is 0 Å². The number of ketones is 1. The monoisotopic (exact) mass is 349 g/mol. The highest BCUT2D eigenvalue weighted by atomic mass is 16.3. The largest absolute Gasteiger partial charge is 0.391 e. The van der Waals surface area contributed by atoms with Crippen molar-refractivity contribution in [1.82, 2.24) is 4.90 Å². The summed E-state index contributed by atoms with van der Waals surface area (Å²) < 4.78 is 0. The van der Waals surface area contributed by atoms with E-state index in [1.807, 2.05) is 37.3 Å². The van der Waals surface area contributed by atoms with E-state index in [1.165, 1.54) is 16.7 Å². The number of benzene rings is 2. The van der Waals surface area contributed by atoms with Crippen LogP contribution in [-0.2, 0) is 12.8 Å². The predicted molar refractivity (Wildman–Crippen MR) is 103 cm³/mol.